The lowest BCUT2D eigenvalue weighted by atomic mass is 10.1. The summed E-state index contributed by atoms with van der Waals surface area (Å²) in [5, 5.41) is 2.94. The Hall–Kier alpha value is -1.35. The summed E-state index contributed by atoms with van der Waals surface area (Å²) in [4.78, 5) is 11.8. The van der Waals surface area contributed by atoms with E-state index in [-0.39, 0.29) is 11.9 Å². The zero-order valence-electron chi connectivity index (χ0n) is 11.0. The van der Waals surface area contributed by atoms with E-state index in [1.54, 1.807) is 0 Å². The Labute approximate surface area is 109 Å². The second-order valence-corrected chi connectivity index (χ2v) is 5.14. The van der Waals surface area contributed by atoms with Crippen LogP contribution in [0.5, 0.6) is 0 Å². The van der Waals surface area contributed by atoms with Crippen molar-refractivity contribution in [2.75, 3.05) is 5.32 Å². The number of amides is 1. The predicted octanol–water partition coefficient (Wildman–Crippen LogP) is 2.63. The van der Waals surface area contributed by atoms with Crippen molar-refractivity contribution in [1.82, 2.24) is 0 Å². The number of anilines is 1. The van der Waals surface area contributed by atoms with Crippen molar-refractivity contribution in [2.45, 2.75) is 51.5 Å². The van der Waals surface area contributed by atoms with Crippen LogP contribution in [-0.2, 0) is 17.6 Å². The molecular weight excluding hydrogens is 224 g/mol. The van der Waals surface area contributed by atoms with E-state index in [9.17, 15) is 4.79 Å². The molecule has 1 aromatic carbocycles. The van der Waals surface area contributed by atoms with Gasteiger partial charge in [0.25, 0.3) is 0 Å². The van der Waals surface area contributed by atoms with Crippen LogP contribution >= 0.6 is 0 Å². The maximum atomic E-state index is 11.8. The predicted molar refractivity (Wildman–Crippen MR) is 74.6 cm³/mol. The second kappa shape index (κ2) is 6.01. The van der Waals surface area contributed by atoms with Gasteiger partial charge in [-0.2, -0.15) is 0 Å². The molecule has 2 rings (SSSR count). The van der Waals surface area contributed by atoms with Gasteiger partial charge in [-0.25, -0.2) is 0 Å². The fourth-order valence-electron chi connectivity index (χ4n) is 2.57. The van der Waals surface area contributed by atoms with Crippen molar-refractivity contribution in [3.8, 4) is 0 Å². The summed E-state index contributed by atoms with van der Waals surface area (Å²) in [5.41, 5.74) is 9.58. The summed E-state index contributed by atoms with van der Waals surface area (Å²) in [6.07, 6.45) is 5.86. The number of fused-ring (bicyclic) bond motifs is 1. The first-order valence-corrected chi connectivity index (χ1v) is 6.86. The van der Waals surface area contributed by atoms with Crippen LogP contribution in [-0.4, -0.2) is 11.9 Å². The van der Waals surface area contributed by atoms with Gasteiger partial charge in [0.05, 0.1) is 0 Å². The minimum Gasteiger partial charge on any atom is -0.327 e. The van der Waals surface area contributed by atoms with Gasteiger partial charge in [-0.3, -0.25) is 4.79 Å². The first-order chi connectivity index (χ1) is 8.69. The minimum absolute atomic E-state index is 0.0221. The molecule has 1 aliphatic rings. The third-order valence-electron chi connectivity index (χ3n) is 3.49. The highest BCUT2D eigenvalue weighted by Gasteiger charge is 2.13. The summed E-state index contributed by atoms with van der Waals surface area (Å²) >= 11 is 0. The second-order valence-electron chi connectivity index (χ2n) is 5.14. The molecule has 0 spiro atoms. The average Bonchev–Trinajstić information content (AvgIpc) is 2.76. The first-order valence-electron chi connectivity index (χ1n) is 6.86. The molecule has 0 bridgehead atoms. The van der Waals surface area contributed by atoms with Crippen LogP contribution in [0.1, 0.15) is 43.7 Å². The molecule has 0 saturated heterocycles. The van der Waals surface area contributed by atoms with E-state index in [0.717, 1.165) is 24.9 Å². The van der Waals surface area contributed by atoms with Gasteiger partial charge in [-0.15, -0.1) is 0 Å². The van der Waals surface area contributed by atoms with E-state index in [2.05, 4.69) is 24.4 Å². The topological polar surface area (TPSA) is 55.1 Å². The molecule has 0 aromatic heterocycles. The van der Waals surface area contributed by atoms with Crippen LogP contribution < -0.4 is 11.1 Å². The van der Waals surface area contributed by atoms with Crippen molar-refractivity contribution in [1.29, 1.82) is 0 Å². The molecule has 3 nitrogen and oxygen atoms in total. The zero-order chi connectivity index (χ0) is 13.0. The summed E-state index contributed by atoms with van der Waals surface area (Å²) < 4.78 is 0. The third kappa shape index (κ3) is 3.33. The largest absolute Gasteiger partial charge is 0.327 e. The lowest BCUT2D eigenvalue weighted by Gasteiger charge is -2.11. The molecule has 0 heterocycles. The number of carbonyl (C=O) groups is 1. The lowest BCUT2D eigenvalue weighted by molar-refractivity contribution is -0.116. The normalized spacial score (nSPS) is 15.2. The van der Waals surface area contributed by atoms with Crippen LogP contribution in [0.25, 0.3) is 0 Å². The van der Waals surface area contributed by atoms with E-state index in [4.69, 9.17) is 5.73 Å². The summed E-state index contributed by atoms with van der Waals surface area (Å²) in [7, 11) is 0. The molecule has 0 aliphatic heterocycles. The smallest absolute Gasteiger partial charge is 0.225 e. The Bertz CT molecular complexity index is 429. The molecule has 3 heteroatoms. The van der Waals surface area contributed by atoms with E-state index >= 15 is 0 Å². The van der Waals surface area contributed by atoms with Gasteiger partial charge in [0, 0.05) is 18.2 Å². The summed E-state index contributed by atoms with van der Waals surface area (Å²) in [6, 6.07) is 6.20. The molecule has 98 valence electrons. The Morgan fingerprint density at radius 3 is 2.94 bits per heavy atom. The van der Waals surface area contributed by atoms with E-state index in [1.807, 2.05) is 6.07 Å². The van der Waals surface area contributed by atoms with Crippen molar-refractivity contribution in [3.05, 3.63) is 29.3 Å². The Kier molecular flexibility index (Phi) is 4.37. The fourth-order valence-corrected chi connectivity index (χ4v) is 2.57. The van der Waals surface area contributed by atoms with Crippen molar-refractivity contribution in [3.63, 3.8) is 0 Å². The molecule has 0 saturated carbocycles. The molecule has 0 fully saturated rings. The van der Waals surface area contributed by atoms with Gasteiger partial charge in [0.15, 0.2) is 0 Å². The molecule has 1 amide bonds. The summed E-state index contributed by atoms with van der Waals surface area (Å²) in [5.74, 6) is 0.0221. The van der Waals surface area contributed by atoms with Gasteiger partial charge in [-0.05, 0) is 48.9 Å². The maximum absolute atomic E-state index is 11.8. The lowest BCUT2D eigenvalue weighted by Crippen LogP contribution is -2.26. The number of hydrogen-bond acceptors (Lipinski definition) is 2. The van der Waals surface area contributed by atoms with Gasteiger partial charge in [0.2, 0.25) is 5.91 Å². The number of hydrogen-bond donors (Lipinski definition) is 2. The molecule has 18 heavy (non-hydrogen) atoms. The van der Waals surface area contributed by atoms with Crippen LogP contribution in [0.3, 0.4) is 0 Å². The number of benzene rings is 1. The molecule has 3 N–H and O–H groups in total. The average molecular weight is 246 g/mol. The van der Waals surface area contributed by atoms with Gasteiger partial charge in [0.1, 0.15) is 0 Å². The van der Waals surface area contributed by atoms with Gasteiger partial charge in [-0.1, -0.05) is 19.4 Å². The Morgan fingerprint density at radius 2 is 2.17 bits per heavy atom. The highest BCUT2D eigenvalue weighted by atomic mass is 16.1. The highest BCUT2D eigenvalue weighted by Crippen LogP contribution is 2.24. The summed E-state index contributed by atoms with van der Waals surface area (Å²) in [6.45, 7) is 2.08. The van der Waals surface area contributed by atoms with E-state index < -0.39 is 0 Å². The molecule has 1 aromatic rings. The van der Waals surface area contributed by atoms with Gasteiger partial charge >= 0.3 is 0 Å². The minimum atomic E-state index is -0.0237. The quantitative estimate of drug-likeness (QED) is 0.839. The number of rotatable bonds is 5. The number of aryl methyl sites for hydroxylation is 2. The molecule has 1 unspecified atom stereocenters. The highest BCUT2D eigenvalue weighted by molar-refractivity contribution is 5.91. The number of carbonyl (C=O) groups excluding carboxylic acids is 1. The Balaban J connectivity index is 1.91. The van der Waals surface area contributed by atoms with Crippen LogP contribution in [0.15, 0.2) is 18.2 Å². The van der Waals surface area contributed by atoms with Crippen LogP contribution in [0.2, 0.25) is 0 Å². The Morgan fingerprint density at radius 1 is 1.39 bits per heavy atom. The van der Waals surface area contributed by atoms with Crippen LogP contribution in [0, 0.1) is 0 Å². The number of nitrogens with one attached hydrogen (secondary N) is 1. The fraction of sp³-hybridized carbons (Fsp3) is 0.533. The molecular formula is C15H22N2O. The first kappa shape index (κ1) is 13.1. The van der Waals surface area contributed by atoms with Gasteiger partial charge < -0.3 is 11.1 Å². The third-order valence-corrected chi connectivity index (χ3v) is 3.49. The van der Waals surface area contributed by atoms with Crippen molar-refractivity contribution < 1.29 is 4.79 Å². The SMILES string of the molecule is CCCC(N)CC(=O)Nc1ccc2c(c1)CCC2. The van der Waals surface area contributed by atoms with E-state index in [0.29, 0.717) is 6.42 Å². The number of nitrogens with two attached hydrogens (primary N) is 1. The molecule has 1 atom stereocenters. The molecule has 0 radical (unpaired) electrons. The monoisotopic (exact) mass is 246 g/mol. The molecule has 1 aliphatic carbocycles. The maximum Gasteiger partial charge on any atom is 0.225 e. The van der Waals surface area contributed by atoms with Crippen molar-refractivity contribution >= 4 is 11.6 Å². The van der Waals surface area contributed by atoms with Crippen LogP contribution in [0.4, 0.5) is 5.69 Å². The van der Waals surface area contributed by atoms with E-state index in [1.165, 1.54) is 24.0 Å². The van der Waals surface area contributed by atoms with Crippen molar-refractivity contribution in [2.24, 2.45) is 5.73 Å². The zero-order valence-corrected chi connectivity index (χ0v) is 11.0. The standard InChI is InChI=1S/C15H22N2O/c1-2-4-13(16)10-15(18)17-14-8-7-11-5-3-6-12(11)9-14/h7-9,13H,2-6,10,16H2,1H3,(H,17,18).